The molecule has 0 saturated carbocycles. The van der Waals surface area contributed by atoms with Gasteiger partial charge in [0, 0.05) is 0 Å². The Kier molecular flexibility index (Phi) is 5.73. The van der Waals surface area contributed by atoms with E-state index in [0.717, 1.165) is 10.8 Å². The molecule has 4 atom stereocenters. The zero-order valence-electron chi connectivity index (χ0n) is 6.46. The van der Waals surface area contributed by atoms with E-state index in [-0.39, 0.29) is 7.92 Å². The van der Waals surface area contributed by atoms with Crippen LogP contribution in [-0.4, -0.2) is 17.0 Å². The zero-order valence-corrected chi connectivity index (χ0v) is 9.67. The molecule has 0 saturated heterocycles. The van der Waals surface area contributed by atoms with Crippen molar-refractivity contribution in [1.29, 1.82) is 0 Å². The van der Waals surface area contributed by atoms with Crippen LogP contribution < -0.4 is 0 Å². The standard InChI is InChI=1S/C6H17P3/c1-4-9(5(2)7)6(3)8/h5-6H,4,7-8H2,1-3H3. The first-order chi connectivity index (χ1) is 4.09. The van der Waals surface area contributed by atoms with Crippen molar-refractivity contribution in [3.63, 3.8) is 0 Å². The molecule has 0 amide bonds. The summed E-state index contributed by atoms with van der Waals surface area (Å²) < 4.78 is 0. The topological polar surface area (TPSA) is 0 Å². The summed E-state index contributed by atoms with van der Waals surface area (Å²) in [4.78, 5) is 0. The van der Waals surface area contributed by atoms with E-state index in [9.17, 15) is 0 Å². The average Bonchev–Trinajstić information content (AvgIpc) is 1.64. The summed E-state index contributed by atoms with van der Waals surface area (Å²) in [6.45, 7) is 6.87. The molecule has 0 rings (SSSR count). The first kappa shape index (κ1) is 10.3. The molecule has 0 radical (unpaired) electrons. The lowest BCUT2D eigenvalue weighted by Gasteiger charge is -2.23. The monoisotopic (exact) mass is 182 g/mol. The van der Waals surface area contributed by atoms with Crippen molar-refractivity contribution in [2.45, 2.75) is 31.6 Å². The summed E-state index contributed by atoms with van der Waals surface area (Å²) in [6, 6.07) is 0. The maximum Gasteiger partial charge on any atom is -0.00850 e. The van der Waals surface area contributed by atoms with E-state index in [1.165, 1.54) is 6.16 Å². The second-order valence-electron chi connectivity index (χ2n) is 2.31. The molecule has 0 aliphatic heterocycles. The first-order valence-electron chi connectivity index (χ1n) is 3.36. The first-order valence-corrected chi connectivity index (χ1v) is 6.36. The predicted molar refractivity (Wildman–Crippen MR) is 55.8 cm³/mol. The molecule has 0 heterocycles. The Balaban J connectivity index is 3.68. The van der Waals surface area contributed by atoms with E-state index in [4.69, 9.17) is 0 Å². The molecule has 0 aliphatic carbocycles. The van der Waals surface area contributed by atoms with Crippen LogP contribution in [0.4, 0.5) is 0 Å². The predicted octanol–water partition coefficient (Wildman–Crippen LogP) is 2.93. The molecule has 0 aromatic rings. The van der Waals surface area contributed by atoms with E-state index < -0.39 is 0 Å². The minimum atomic E-state index is 0.249. The summed E-state index contributed by atoms with van der Waals surface area (Å²) in [5.74, 6) is 0. The fourth-order valence-corrected chi connectivity index (χ4v) is 6.33. The van der Waals surface area contributed by atoms with Crippen LogP contribution in [0.5, 0.6) is 0 Å². The van der Waals surface area contributed by atoms with Gasteiger partial charge in [0.25, 0.3) is 0 Å². The van der Waals surface area contributed by atoms with Gasteiger partial charge < -0.3 is 0 Å². The summed E-state index contributed by atoms with van der Waals surface area (Å²) in [5, 5.41) is 1.63. The van der Waals surface area contributed by atoms with Gasteiger partial charge in [-0.05, 0) is 17.0 Å². The highest BCUT2D eigenvalue weighted by atomic mass is 31.2. The molecule has 4 unspecified atom stereocenters. The summed E-state index contributed by atoms with van der Waals surface area (Å²) in [7, 11) is 6.05. The van der Waals surface area contributed by atoms with Crippen LogP contribution in [0.15, 0.2) is 0 Å². The lowest BCUT2D eigenvalue weighted by atomic mass is 10.9. The summed E-state index contributed by atoms with van der Waals surface area (Å²) in [5.41, 5.74) is 0. The van der Waals surface area contributed by atoms with Crippen LogP contribution >= 0.6 is 26.4 Å². The van der Waals surface area contributed by atoms with Crippen molar-refractivity contribution in [2.75, 3.05) is 6.16 Å². The Labute approximate surface area is 64.7 Å². The average molecular weight is 182 g/mol. The van der Waals surface area contributed by atoms with Crippen LogP contribution in [0.2, 0.25) is 0 Å². The molecule has 9 heavy (non-hydrogen) atoms. The molecule has 0 aromatic carbocycles. The fraction of sp³-hybridized carbons (Fsp3) is 1.00. The third kappa shape index (κ3) is 3.87. The van der Waals surface area contributed by atoms with Gasteiger partial charge in [0.05, 0.1) is 0 Å². The molecular formula is C6H17P3. The highest BCUT2D eigenvalue weighted by Crippen LogP contribution is 2.50. The Hall–Kier alpha value is 1.29. The van der Waals surface area contributed by atoms with Crippen molar-refractivity contribution in [2.24, 2.45) is 0 Å². The second kappa shape index (κ2) is 5.01. The third-order valence-corrected chi connectivity index (χ3v) is 6.53. The van der Waals surface area contributed by atoms with E-state index in [1.807, 2.05) is 0 Å². The normalized spacial score (nSPS) is 21.0. The van der Waals surface area contributed by atoms with Crippen molar-refractivity contribution < 1.29 is 0 Å². The Morgan fingerprint density at radius 1 is 1.22 bits per heavy atom. The van der Waals surface area contributed by atoms with Gasteiger partial charge in [0.15, 0.2) is 0 Å². The van der Waals surface area contributed by atoms with Gasteiger partial charge in [-0.15, -0.1) is 18.5 Å². The number of rotatable bonds is 3. The van der Waals surface area contributed by atoms with Gasteiger partial charge in [-0.1, -0.05) is 28.7 Å². The third-order valence-electron chi connectivity index (χ3n) is 1.41. The largest absolute Gasteiger partial charge is 0.130 e. The van der Waals surface area contributed by atoms with Gasteiger partial charge in [0.1, 0.15) is 0 Å². The van der Waals surface area contributed by atoms with Gasteiger partial charge in [-0.2, -0.15) is 0 Å². The summed E-state index contributed by atoms with van der Waals surface area (Å²) in [6.07, 6.45) is 1.35. The van der Waals surface area contributed by atoms with Gasteiger partial charge in [0.2, 0.25) is 0 Å². The molecule has 0 fully saturated rings. The van der Waals surface area contributed by atoms with E-state index in [2.05, 4.69) is 39.3 Å². The van der Waals surface area contributed by atoms with E-state index >= 15 is 0 Å². The van der Waals surface area contributed by atoms with Crippen LogP contribution in [-0.2, 0) is 0 Å². The number of hydrogen-bond donors (Lipinski definition) is 0. The maximum absolute atomic E-state index is 2.90. The minimum absolute atomic E-state index is 0.249. The molecule has 0 spiro atoms. The van der Waals surface area contributed by atoms with Crippen LogP contribution in [0.25, 0.3) is 0 Å². The Morgan fingerprint density at radius 2 is 1.56 bits per heavy atom. The lowest BCUT2D eigenvalue weighted by Crippen LogP contribution is -1.98. The van der Waals surface area contributed by atoms with Gasteiger partial charge >= 0.3 is 0 Å². The van der Waals surface area contributed by atoms with E-state index in [1.54, 1.807) is 0 Å². The minimum Gasteiger partial charge on any atom is -0.130 e. The molecule has 0 aromatic heterocycles. The molecule has 3 heteroatoms. The molecule has 0 bridgehead atoms. The van der Waals surface area contributed by atoms with Gasteiger partial charge in [-0.25, -0.2) is 0 Å². The molecule has 0 nitrogen and oxygen atoms in total. The fourth-order valence-electron chi connectivity index (χ4n) is 0.947. The van der Waals surface area contributed by atoms with Crippen LogP contribution in [0.3, 0.4) is 0 Å². The van der Waals surface area contributed by atoms with Gasteiger partial charge in [-0.3, -0.25) is 0 Å². The van der Waals surface area contributed by atoms with Crippen molar-refractivity contribution >= 4 is 26.4 Å². The maximum atomic E-state index is 2.90. The highest BCUT2D eigenvalue weighted by Gasteiger charge is 2.13. The molecular weight excluding hydrogens is 165 g/mol. The lowest BCUT2D eigenvalue weighted by molar-refractivity contribution is 1.27. The highest BCUT2D eigenvalue weighted by molar-refractivity contribution is 7.70. The molecule has 0 N–H and O–H groups in total. The number of hydrogen-bond acceptors (Lipinski definition) is 0. The summed E-state index contributed by atoms with van der Waals surface area (Å²) >= 11 is 0. The quantitative estimate of drug-likeness (QED) is 0.588. The smallest absolute Gasteiger partial charge is 0.00850 e. The Morgan fingerprint density at radius 3 is 1.56 bits per heavy atom. The molecule has 0 aliphatic rings. The molecule has 56 valence electrons. The van der Waals surface area contributed by atoms with E-state index in [0.29, 0.717) is 0 Å². The zero-order chi connectivity index (χ0) is 7.44. The van der Waals surface area contributed by atoms with Crippen LogP contribution in [0, 0.1) is 0 Å². The van der Waals surface area contributed by atoms with Crippen molar-refractivity contribution in [3.05, 3.63) is 0 Å². The van der Waals surface area contributed by atoms with Crippen molar-refractivity contribution in [1.82, 2.24) is 0 Å². The van der Waals surface area contributed by atoms with Crippen LogP contribution in [0.1, 0.15) is 20.8 Å². The van der Waals surface area contributed by atoms with Crippen molar-refractivity contribution in [3.8, 4) is 0 Å². The SMILES string of the molecule is CCP(C(C)P)C(C)P. The second-order valence-corrected chi connectivity index (χ2v) is 8.72. The Bertz CT molecular complexity index is 62.7.